The van der Waals surface area contributed by atoms with Gasteiger partial charge in [-0.1, -0.05) is 59.1 Å². The minimum atomic E-state index is -1.97. The van der Waals surface area contributed by atoms with Gasteiger partial charge in [-0.05, 0) is 71.9 Å². The Kier molecular flexibility index (Phi) is 9.05. The Balaban J connectivity index is 1.71. The van der Waals surface area contributed by atoms with E-state index >= 15 is 0 Å². The summed E-state index contributed by atoms with van der Waals surface area (Å²) in [4.78, 5) is 46.1. The van der Waals surface area contributed by atoms with E-state index in [2.05, 4.69) is 0 Å². The molecule has 2 heterocycles. The largest absolute Gasteiger partial charge is 0.444 e. The van der Waals surface area contributed by atoms with Gasteiger partial charge in [0.25, 0.3) is 5.91 Å². The highest BCUT2D eigenvalue weighted by Crippen LogP contribution is 2.43. The number of nitrogens with zero attached hydrogens (tertiary/aromatic N) is 3. The van der Waals surface area contributed by atoms with Gasteiger partial charge in [0.05, 0.1) is 12.6 Å². The molecule has 4 rings (SSSR count). The topological polar surface area (TPSA) is 79.4 Å². The lowest BCUT2D eigenvalue weighted by Gasteiger charge is -2.55. The summed E-state index contributed by atoms with van der Waals surface area (Å²) in [6.45, 7) is 8.04. The van der Waals surface area contributed by atoms with Crippen molar-refractivity contribution >= 4 is 52.9 Å². The van der Waals surface area contributed by atoms with E-state index in [1.54, 1.807) is 37.8 Å². The minimum absolute atomic E-state index is 0.0433. The summed E-state index contributed by atoms with van der Waals surface area (Å²) in [7, 11) is 0. The lowest BCUT2D eigenvalue weighted by molar-refractivity contribution is -0.152. The van der Waals surface area contributed by atoms with Crippen molar-refractivity contribution in [3.05, 3.63) is 47.5 Å². The number of hydrogen-bond donors (Lipinski definition) is 0. The maximum absolute atomic E-state index is 14.6. The minimum Gasteiger partial charge on any atom is -0.444 e. The van der Waals surface area contributed by atoms with Gasteiger partial charge in [0.1, 0.15) is 11.1 Å². The van der Waals surface area contributed by atoms with E-state index in [9.17, 15) is 23.2 Å². The van der Waals surface area contributed by atoms with Crippen molar-refractivity contribution in [2.45, 2.75) is 92.9 Å². The molecule has 2 unspecified atom stereocenters. The summed E-state index contributed by atoms with van der Waals surface area (Å²) in [5, 5.41) is 0. The molecule has 0 radical (unpaired) electrons. The van der Waals surface area contributed by atoms with E-state index in [-0.39, 0.29) is 44.1 Å². The van der Waals surface area contributed by atoms with Crippen LogP contribution in [-0.4, -0.2) is 85.0 Å². The summed E-state index contributed by atoms with van der Waals surface area (Å²) in [5.41, 5.74) is -3.81. The van der Waals surface area contributed by atoms with Crippen LogP contribution in [0.15, 0.2) is 30.4 Å². The van der Waals surface area contributed by atoms with Crippen molar-refractivity contribution < 1.29 is 32.6 Å². The second kappa shape index (κ2) is 11.7. The Morgan fingerprint density at radius 2 is 1.71 bits per heavy atom. The second-order valence-corrected chi connectivity index (χ2v) is 14.8. The number of alkyl halides is 3. The van der Waals surface area contributed by atoms with Crippen molar-refractivity contribution in [2.24, 2.45) is 0 Å². The number of ether oxygens (including phenoxy) is 2. The summed E-state index contributed by atoms with van der Waals surface area (Å²) < 4.78 is 37.7. The number of halogens is 5. The average Bonchev–Trinajstić information content (AvgIpc) is 3.69. The molecule has 1 aromatic rings. The third kappa shape index (κ3) is 6.76. The summed E-state index contributed by atoms with van der Waals surface area (Å²) in [6.07, 6.45) is 3.58. The van der Waals surface area contributed by atoms with Crippen LogP contribution in [0.4, 0.5) is 18.4 Å². The van der Waals surface area contributed by atoms with Crippen LogP contribution in [0, 0.1) is 11.6 Å². The highest BCUT2D eigenvalue weighted by Gasteiger charge is 2.59. The Labute approximate surface area is 259 Å². The molecule has 2 bridgehead atoms. The van der Waals surface area contributed by atoms with Crippen LogP contribution < -0.4 is 0 Å². The van der Waals surface area contributed by atoms with Gasteiger partial charge in [-0.25, -0.2) is 18.4 Å². The molecule has 0 N–H and O–H groups in total. The van der Waals surface area contributed by atoms with Gasteiger partial charge in [-0.3, -0.25) is 9.69 Å². The molecule has 3 amide bonds. The van der Waals surface area contributed by atoms with Crippen LogP contribution in [0.2, 0.25) is 0 Å². The Morgan fingerprint density at radius 1 is 1.05 bits per heavy atom. The van der Waals surface area contributed by atoms with Crippen molar-refractivity contribution in [3.63, 3.8) is 0 Å². The Morgan fingerprint density at radius 3 is 2.31 bits per heavy atom. The van der Waals surface area contributed by atoms with Gasteiger partial charge in [0, 0.05) is 19.1 Å². The highest BCUT2D eigenvalue weighted by molar-refractivity contribution is 6.68. The zero-order chi connectivity index (χ0) is 31.3. The number of benzene rings is 1. The zero-order valence-corrected chi connectivity index (χ0v) is 26.5. The van der Waals surface area contributed by atoms with Crippen molar-refractivity contribution in [1.82, 2.24) is 14.7 Å². The van der Waals surface area contributed by atoms with Gasteiger partial charge >= 0.3 is 12.2 Å². The maximum atomic E-state index is 14.6. The number of fused-ring (bicyclic) bond motifs is 2. The predicted octanol–water partition coefficient (Wildman–Crippen LogP) is 6.40. The van der Waals surface area contributed by atoms with Gasteiger partial charge in [0.15, 0.2) is 17.2 Å². The summed E-state index contributed by atoms with van der Waals surface area (Å²) in [5.74, 6) is -2.37. The first-order chi connectivity index (χ1) is 19.4. The van der Waals surface area contributed by atoms with E-state index in [1.807, 2.05) is 0 Å². The molecule has 42 heavy (non-hydrogen) atoms. The molecule has 0 aromatic heterocycles. The summed E-state index contributed by atoms with van der Waals surface area (Å²) >= 11 is 18.3. The second-order valence-electron chi connectivity index (χ2n) is 12.5. The summed E-state index contributed by atoms with van der Waals surface area (Å²) in [6, 6.07) is 3.02. The van der Waals surface area contributed by atoms with E-state index in [0.29, 0.717) is 12.8 Å². The number of carbonyl (C=O) groups excluding carboxylic acids is 3. The number of carbonyl (C=O) groups is 3. The first kappa shape index (κ1) is 32.6. The normalized spacial score (nSPS) is 22.6. The van der Waals surface area contributed by atoms with Crippen molar-refractivity contribution in [2.75, 3.05) is 19.6 Å². The van der Waals surface area contributed by atoms with E-state index in [0.717, 1.165) is 6.07 Å². The Hall–Kier alpha value is -2.30. The number of piperazine rings is 1. The fourth-order valence-corrected chi connectivity index (χ4v) is 5.37. The maximum Gasteiger partial charge on any atom is 0.411 e. The van der Waals surface area contributed by atoms with Gasteiger partial charge in [-0.15, -0.1) is 0 Å². The lowest BCUT2D eigenvalue weighted by atomic mass is 9.82. The molecule has 13 heteroatoms. The molecule has 2 atom stereocenters. The van der Waals surface area contributed by atoms with Crippen LogP contribution in [0.3, 0.4) is 0 Å². The molecule has 1 aliphatic carbocycles. The van der Waals surface area contributed by atoms with Crippen molar-refractivity contribution in [1.29, 1.82) is 0 Å². The van der Waals surface area contributed by atoms with Crippen LogP contribution in [0.5, 0.6) is 0 Å². The quantitative estimate of drug-likeness (QED) is 0.263. The monoisotopic (exact) mass is 649 g/mol. The molecule has 2 fully saturated rings. The molecule has 8 nitrogen and oxygen atoms in total. The predicted molar refractivity (Wildman–Crippen MR) is 156 cm³/mol. The molecule has 0 spiro atoms. The van der Waals surface area contributed by atoms with Crippen molar-refractivity contribution in [3.8, 4) is 0 Å². The van der Waals surface area contributed by atoms with E-state index in [4.69, 9.17) is 44.3 Å². The van der Waals surface area contributed by atoms with Crippen LogP contribution in [-0.2, 0) is 20.7 Å². The molecular formula is C29H36Cl3F2N3O5. The molecule has 3 aliphatic rings. The Bertz CT molecular complexity index is 1260. The first-order valence-corrected chi connectivity index (χ1v) is 15.0. The molecule has 1 saturated carbocycles. The average molecular weight is 651 g/mol. The smallest absolute Gasteiger partial charge is 0.411 e. The highest BCUT2D eigenvalue weighted by atomic mass is 35.6. The molecule has 232 valence electrons. The molecule has 2 aliphatic heterocycles. The fraction of sp³-hybridized carbons (Fsp3) is 0.621. The zero-order valence-electron chi connectivity index (χ0n) is 24.3. The van der Waals surface area contributed by atoms with Gasteiger partial charge in [-0.2, -0.15) is 0 Å². The van der Waals surface area contributed by atoms with Crippen LogP contribution in [0.25, 0.3) is 0 Å². The molecule has 1 saturated heterocycles. The SMILES string of the molecule is CC(C)(C)OC(=O)N1CC2C=CCC(C(=O)N(CCc3cccc(F)c3F)C3CC3)(C1)N2C(=O)OC(C)(C)C(Cl)(Cl)Cl. The number of hydrogen-bond acceptors (Lipinski definition) is 5. The third-order valence-electron chi connectivity index (χ3n) is 7.64. The first-order valence-electron chi connectivity index (χ1n) is 13.8. The van der Waals surface area contributed by atoms with Crippen LogP contribution in [0.1, 0.15) is 59.4 Å². The van der Waals surface area contributed by atoms with E-state index in [1.165, 1.54) is 35.8 Å². The molecular weight excluding hydrogens is 615 g/mol. The van der Waals surface area contributed by atoms with Gasteiger partial charge in [0.2, 0.25) is 3.79 Å². The number of rotatable bonds is 6. The van der Waals surface area contributed by atoms with E-state index < -0.39 is 56.3 Å². The third-order valence-corrected chi connectivity index (χ3v) is 9.01. The van der Waals surface area contributed by atoms with Crippen LogP contribution >= 0.6 is 34.8 Å². The molecule has 1 aromatic carbocycles. The standard InChI is InChI=1S/C29H36Cl3F2N3O5/c1-26(2,3)41-24(39)35-16-20-9-7-14-28(17-35,37(20)25(40)42-27(4,5)29(30,31)32)23(38)36(19-11-12-19)15-13-18-8-6-10-21(33)22(18)34/h6-10,19-20H,11-17H2,1-5H3. The lowest BCUT2D eigenvalue weighted by Crippen LogP contribution is -2.75. The number of amides is 3. The fourth-order valence-electron chi connectivity index (χ4n) is 5.26. The van der Waals surface area contributed by atoms with Gasteiger partial charge < -0.3 is 19.3 Å².